The molecule has 5 nitrogen and oxygen atoms in total. The van der Waals surface area contributed by atoms with E-state index in [1.807, 2.05) is 30.3 Å². The fraction of sp³-hybridized carbons (Fsp3) is 0.150. The van der Waals surface area contributed by atoms with Crippen molar-refractivity contribution in [3.63, 3.8) is 0 Å². The Bertz CT molecular complexity index is 907. The van der Waals surface area contributed by atoms with E-state index in [1.54, 1.807) is 30.5 Å². The number of nitrogens with one attached hydrogen (secondary N) is 1. The van der Waals surface area contributed by atoms with Crippen molar-refractivity contribution >= 4 is 28.5 Å². The van der Waals surface area contributed by atoms with Gasteiger partial charge in [0.2, 0.25) is 5.91 Å². The highest BCUT2D eigenvalue weighted by Gasteiger charge is 2.10. The van der Waals surface area contributed by atoms with Crippen molar-refractivity contribution in [2.75, 3.05) is 12.4 Å². The van der Waals surface area contributed by atoms with Crippen molar-refractivity contribution in [2.24, 2.45) is 0 Å². The predicted molar refractivity (Wildman–Crippen MR) is 96.5 cm³/mol. The number of aromatic nitrogens is 1. The minimum absolute atomic E-state index is 0.0964. The molecule has 5 heteroatoms. The van der Waals surface area contributed by atoms with Crippen LogP contribution in [0.3, 0.4) is 0 Å². The molecule has 3 aromatic rings. The molecule has 2 aromatic carbocycles. The zero-order valence-corrected chi connectivity index (χ0v) is 13.9. The molecule has 1 N–H and O–H groups in total. The van der Waals surface area contributed by atoms with Gasteiger partial charge < -0.3 is 10.1 Å². The molecule has 25 heavy (non-hydrogen) atoms. The molecule has 0 spiro atoms. The summed E-state index contributed by atoms with van der Waals surface area (Å²) in [7, 11) is 1.34. The molecule has 126 valence electrons. The molecule has 0 aliphatic rings. The number of carbonyl (C=O) groups is 2. The van der Waals surface area contributed by atoms with Crippen LogP contribution in [0, 0.1) is 0 Å². The number of rotatable bonds is 5. The Morgan fingerprint density at radius 2 is 1.88 bits per heavy atom. The van der Waals surface area contributed by atoms with E-state index >= 15 is 0 Å². The Morgan fingerprint density at radius 3 is 2.64 bits per heavy atom. The van der Waals surface area contributed by atoms with Gasteiger partial charge in [0.05, 0.1) is 12.7 Å². The van der Waals surface area contributed by atoms with Gasteiger partial charge in [0.25, 0.3) is 0 Å². The van der Waals surface area contributed by atoms with Gasteiger partial charge in [0, 0.05) is 18.0 Å². The van der Waals surface area contributed by atoms with Gasteiger partial charge in [-0.3, -0.25) is 4.79 Å². The number of aryl methyl sites for hydroxylation is 1. The molecule has 0 unspecified atom stereocenters. The van der Waals surface area contributed by atoms with E-state index in [0.717, 1.165) is 16.3 Å². The van der Waals surface area contributed by atoms with Crippen LogP contribution in [0.25, 0.3) is 10.8 Å². The molecular weight excluding hydrogens is 316 g/mol. The molecule has 3 rings (SSSR count). The maximum atomic E-state index is 12.2. The molecule has 0 radical (unpaired) electrons. The summed E-state index contributed by atoms with van der Waals surface area (Å²) in [5.41, 5.74) is 1.58. The number of carbonyl (C=O) groups excluding carboxylic acids is 2. The minimum atomic E-state index is -0.396. The first-order valence-electron chi connectivity index (χ1n) is 7.98. The zero-order valence-electron chi connectivity index (χ0n) is 13.9. The van der Waals surface area contributed by atoms with E-state index in [9.17, 15) is 9.59 Å². The molecule has 0 aliphatic heterocycles. The lowest BCUT2D eigenvalue weighted by Gasteiger charge is -2.09. The Hall–Kier alpha value is -3.21. The molecular formula is C20H18N2O3. The predicted octanol–water partition coefficient (Wildman–Crippen LogP) is 3.59. The maximum Gasteiger partial charge on any atom is 0.337 e. The summed E-state index contributed by atoms with van der Waals surface area (Å²) in [6, 6.07) is 16.8. The van der Waals surface area contributed by atoms with Gasteiger partial charge >= 0.3 is 5.97 Å². The second kappa shape index (κ2) is 7.57. The first-order chi connectivity index (χ1) is 12.2. The lowest BCUT2D eigenvalue weighted by Crippen LogP contribution is -2.13. The van der Waals surface area contributed by atoms with Gasteiger partial charge in [0.15, 0.2) is 0 Å². The smallest absolute Gasteiger partial charge is 0.337 e. The Kier molecular flexibility index (Phi) is 5.04. The average molecular weight is 334 g/mol. The fourth-order valence-electron chi connectivity index (χ4n) is 2.62. The van der Waals surface area contributed by atoms with Gasteiger partial charge in [-0.15, -0.1) is 0 Å². The quantitative estimate of drug-likeness (QED) is 0.724. The van der Waals surface area contributed by atoms with Crippen LogP contribution in [-0.2, 0) is 16.0 Å². The highest BCUT2D eigenvalue weighted by Crippen LogP contribution is 2.23. The van der Waals surface area contributed by atoms with Crippen LogP contribution in [0.2, 0.25) is 0 Å². The third-order valence-electron chi connectivity index (χ3n) is 3.93. The number of ether oxygens (including phenoxy) is 1. The molecule has 1 heterocycles. The largest absolute Gasteiger partial charge is 0.465 e. The Balaban J connectivity index is 1.74. The second-order valence-corrected chi connectivity index (χ2v) is 5.62. The van der Waals surface area contributed by atoms with Gasteiger partial charge in [0.1, 0.15) is 5.82 Å². The van der Waals surface area contributed by atoms with Crippen molar-refractivity contribution in [2.45, 2.75) is 12.8 Å². The monoisotopic (exact) mass is 334 g/mol. The zero-order chi connectivity index (χ0) is 17.6. The topological polar surface area (TPSA) is 68.3 Å². The van der Waals surface area contributed by atoms with E-state index in [2.05, 4.69) is 10.3 Å². The van der Waals surface area contributed by atoms with E-state index in [4.69, 9.17) is 4.74 Å². The Morgan fingerprint density at radius 1 is 1.08 bits per heavy atom. The number of methoxy groups -OCH3 is 1. The lowest BCUT2D eigenvalue weighted by molar-refractivity contribution is -0.116. The van der Waals surface area contributed by atoms with Gasteiger partial charge in [-0.25, -0.2) is 9.78 Å². The van der Waals surface area contributed by atoms with Gasteiger partial charge in [-0.05, 0) is 41.6 Å². The SMILES string of the molecule is COC(=O)c1ccc2c(NC(=O)CCc3ccccc3)nccc2c1. The summed E-state index contributed by atoms with van der Waals surface area (Å²) >= 11 is 0. The molecule has 0 saturated heterocycles. The molecule has 0 atom stereocenters. The number of fused-ring (bicyclic) bond motifs is 1. The first-order valence-corrected chi connectivity index (χ1v) is 7.98. The number of hydrogen-bond donors (Lipinski definition) is 1. The van der Waals surface area contributed by atoms with Crippen molar-refractivity contribution < 1.29 is 14.3 Å². The highest BCUT2D eigenvalue weighted by atomic mass is 16.5. The van der Waals surface area contributed by atoms with Crippen LogP contribution in [0.15, 0.2) is 60.8 Å². The number of hydrogen-bond acceptors (Lipinski definition) is 4. The van der Waals surface area contributed by atoms with Crippen LogP contribution in [0.5, 0.6) is 0 Å². The standard InChI is InChI=1S/C20H18N2O3/c1-25-20(24)16-8-9-17-15(13-16)11-12-21-19(17)22-18(23)10-7-14-5-3-2-4-6-14/h2-6,8-9,11-13H,7,10H2,1H3,(H,21,22,23). The molecule has 1 amide bonds. The van der Waals surface area contributed by atoms with Crippen molar-refractivity contribution in [3.05, 3.63) is 71.9 Å². The number of benzene rings is 2. The van der Waals surface area contributed by atoms with Crippen LogP contribution < -0.4 is 5.32 Å². The number of nitrogens with zero attached hydrogens (tertiary/aromatic N) is 1. The van der Waals surface area contributed by atoms with Gasteiger partial charge in [-0.2, -0.15) is 0 Å². The van der Waals surface area contributed by atoms with Crippen molar-refractivity contribution in [1.29, 1.82) is 0 Å². The summed E-state index contributed by atoms with van der Waals surface area (Å²) in [5, 5.41) is 4.45. The van der Waals surface area contributed by atoms with E-state index in [0.29, 0.717) is 24.2 Å². The Labute approximate surface area is 145 Å². The minimum Gasteiger partial charge on any atom is -0.465 e. The number of anilines is 1. The molecule has 0 aliphatic carbocycles. The van der Waals surface area contributed by atoms with Crippen LogP contribution in [0.4, 0.5) is 5.82 Å². The summed E-state index contributed by atoms with van der Waals surface area (Å²) in [5.74, 6) is 0.0000314. The molecule has 0 saturated carbocycles. The second-order valence-electron chi connectivity index (χ2n) is 5.62. The summed E-state index contributed by atoms with van der Waals surface area (Å²) in [6.45, 7) is 0. The molecule has 0 fully saturated rings. The number of amides is 1. The number of esters is 1. The summed E-state index contributed by atoms with van der Waals surface area (Å²) < 4.78 is 4.73. The fourth-order valence-corrected chi connectivity index (χ4v) is 2.62. The highest BCUT2D eigenvalue weighted by molar-refractivity contribution is 6.02. The molecule has 0 bridgehead atoms. The maximum absolute atomic E-state index is 12.2. The van der Waals surface area contributed by atoms with Crippen LogP contribution in [0.1, 0.15) is 22.3 Å². The van der Waals surface area contributed by atoms with E-state index in [-0.39, 0.29) is 5.91 Å². The molecule has 1 aromatic heterocycles. The summed E-state index contributed by atoms with van der Waals surface area (Å²) in [4.78, 5) is 28.1. The van der Waals surface area contributed by atoms with Gasteiger partial charge in [-0.1, -0.05) is 30.3 Å². The van der Waals surface area contributed by atoms with Crippen LogP contribution in [-0.4, -0.2) is 24.0 Å². The first kappa shape index (κ1) is 16.6. The van der Waals surface area contributed by atoms with E-state index in [1.165, 1.54) is 7.11 Å². The third-order valence-corrected chi connectivity index (χ3v) is 3.93. The van der Waals surface area contributed by atoms with E-state index < -0.39 is 5.97 Å². The normalized spacial score (nSPS) is 10.4. The average Bonchev–Trinajstić information content (AvgIpc) is 2.66. The third kappa shape index (κ3) is 4.01. The summed E-state index contributed by atoms with van der Waals surface area (Å²) in [6.07, 6.45) is 2.66. The lowest BCUT2D eigenvalue weighted by atomic mass is 10.1. The number of pyridine rings is 1. The van der Waals surface area contributed by atoms with Crippen LogP contribution >= 0.6 is 0 Å². The van der Waals surface area contributed by atoms with Crippen molar-refractivity contribution in [3.8, 4) is 0 Å². The van der Waals surface area contributed by atoms with Crippen molar-refractivity contribution in [1.82, 2.24) is 4.98 Å².